The SMILES string of the molecule is Cc1cc(OCc2ccccc2)c(F)cc1-c1cn2c(C(F)(F)Br)nnc2cn1. The van der Waals surface area contributed by atoms with E-state index in [4.69, 9.17) is 4.74 Å². The Morgan fingerprint density at radius 2 is 1.90 bits per heavy atom. The van der Waals surface area contributed by atoms with E-state index in [-0.39, 0.29) is 18.0 Å². The van der Waals surface area contributed by atoms with E-state index in [9.17, 15) is 13.2 Å². The van der Waals surface area contributed by atoms with Crippen LogP contribution in [0.15, 0.2) is 54.9 Å². The standard InChI is InChI=1S/C20H14BrF3N4O/c1-12-7-17(29-11-13-5-3-2-4-6-13)15(22)8-14(12)16-10-28-18(9-25-16)26-27-19(28)20(21,23)24/h2-10H,11H2,1H3. The Morgan fingerprint density at radius 1 is 1.14 bits per heavy atom. The first kappa shape index (κ1) is 19.4. The molecule has 0 unspecified atom stereocenters. The minimum Gasteiger partial charge on any atom is -0.486 e. The van der Waals surface area contributed by atoms with Gasteiger partial charge in [0.05, 0.1) is 11.9 Å². The Bertz CT molecular complexity index is 1180. The van der Waals surface area contributed by atoms with Gasteiger partial charge >= 0.3 is 4.83 Å². The number of ether oxygens (including phenoxy) is 1. The third-order valence-corrected chi connectivity index (χ3v) is 4.69. The topological polar surface area (TPSA) is 52.3 Å². The number of aromatic nitrogens is 4. The van der Waals surface area contributed by atoms with Gasteiger partial charge in [-0.1, -0.05) is 30.3 Å². The molecule has 2 aromatic carbocycles. The summed E-state index contributed by atoms with van der Waals surface area (Å²) in [4.78, 5) is 0.846. The molecule has 0 aliphatic carbocycles. The first-order valence-corrected chi connectivity index (χ1v) is 9.37. The van der Waals surface area contributed by atoms with Gasteiger partial charge in [0.1, 0.15) is 6.61 Å². The average Bonchev–Trinajstić information content (AvgIpc) is 3.13. The molecule has 0 saturated carbocycles. The van der Waals surface area contributed by atoms with Gasteiger partial charge in [-0.25, -0.2) is 4.39 Å². The fourth-order valence-electron chi connectivity index (χ4n) is 2.91. The number of aryl methyl sites for hydroxylation is 1. The third-order valence-electron chi connectivity index (χ3n) is 4.34. The van der Waals surface area contributed by atoms with Crippen molar-refractivity contribution in [2.75, 3.05) is 0 Å². The van der Waals surface area contributed by atoms with Crippen LogP contribution in [0.2, 0.25) is 0 Å². The number of halogens is 4. The highest BCUT2D eigenvalue weighted by molar-refractivity contribution is 9.09. The highest BCUT2D eigenvalue weighted by Gasteiger charge is 2.33. The molecule has 0 fully saturated rings. The minimum absolute atomic E-state index is 0.105. The zero-order valence-corrected chi connectivity index (χ0v) is 16.7. The summed E-state index contributed by atoms with van der Waals surface area (Å²) in [6, 6.07) is 12.2. The Kier molecular flexibility index (Phi) is 4.99. The van der Waals surface area contributed by atoms with Crippen LogP contribution in [0.25, 0.3) is 16.9 Å². The van der Waals surface area contributed by atoms with Crippen molar-refractivity contribution in [3.63, 3.8) is 0 Å². The molecule has 4 rings (SSSR count). The zero-order chi connectivity index (χ0) is 20.6. The smallest absolute Gasteiger partial charge is 0.360 e. The quantitative estimate of drug-likeness (QED) is 0.379. The molecule has 148 valence electrons. The van der Waals surface area contributed by atoms with Crippen LogP contribution in [0.3, 0.4) is 0 Å². The van der Waals surface area contributed by atoms with Crippen molar-refractivity contribution in [2.24, 2.45) is 0 Å². The molecule has 9 heteroatoms. The van der Waals surface area contributed by atoms with E-state index < -0.39 is 16.5 Å². The second kappa shape index (κ2) is 7.47. The van der Waals surface area contributed by atoms with Crippen LogP contribution < -0.4 is 4.74 Å². The molecule has 0 N–H and O–H groups in total. The van der Waals surface area contributed by atoms with Crippen LogP contribution in [0.4, 0.5) is 13.2 Å². The molecule has 0 saturated heterocycles. The van der Waals surface area contributed by atoms with Crippen molar-refractivity contribution < 1.29 is 17.9 Å². The Hall–Kier alpha value is -2.94. The second-order valence-electron chi connectivity index (χ2n) is 6.39. The summed E-state index contributed by atoms with van der Waals surface area (Å²) < 4.78 is 48.7. The van der Waals surface area contributed by atoms with Crippen LogP contribution in [0, 0.1) is 12.7 Å². The fraction of sp³-hybridized carbons (Fsp3) is 0.150. The predicted octanol–water partition coefficient (Wildman–Crippen LogP) is 5.26. The molecule has 5 nitrogen and oxygen atoms in total. The number of fused-ring (bicyclic) bond motifs is 1. The Morgan fingerprint density at radius 3 is 2.62 bits per heavy atom. The predicted molar refractivity (Wildman–Crippen MR) is 105 cm³/mol. The lowest BCUT2D eigenvalue weighted by molar-refractivity contribution is 0.102. The van der Waals surface area contributed by atoms with Crippen LogP contribution in [-0.4, -0.2) is 19.6 Å². The largest absolute Gasteiger partial charge is 0.486 e. The van der Waals surface area contributed by atoms with Crippen LogP contribution in [-0.2, 0) is 11.4 Å². The van der Waals surface area contributed by atoms with Gasteiger partial charge in [0.15, 0.2) is 17.2 Å². The molecule has 4 aromatic rings. The Labute approximate surface area is 172 Å². The van der Waals surface area contributed by atoms with Gasteiger partial charge in [0.25, 0.3) is 0 Å². The number of alkyl halides is 3. The van der Waals surface area contributed by atoms with Crippen molar-refractivity contribution in [1.82, 2.24) is 19.6 Å². The third kappa shape index (κ3) is 3.95. The molecule has 0 radical (unpaired) electrons. The second-order valence-corrected chi connectivity index (χ2v) is 7.39. The normalized spacial score (nSPS) is 11.8. The van der Waals surface area contributed by atoms with Crippen molar-refractivity contribution in [1.29, 1.82) is 0 Å². The van der Waals surface area contributed by atoms with E-state index in [1.54, 1.807) is 13.0 Å². The van der Waals surface area contributed by atoms with Gasteiger partial charge in [0, 0.05) is 11.8 Å². The van der Waals surface area contributed by atoms with Crippen LogP contribution >= 0.6 is 15.9 Å². The summed E-state index contributed by atoms with van der Waals surface area (Å²) in [7, 11) is 0. The van der Waals surface area contributed by atoms with Gasteiger partial charge in [-0.2, -0.15) is 8.78 Å². The van der Waals surface area contributed by atoms with Crippen molar-refractivity contribution in [2.45, 2.75) is 18.4 Å². The van der Waals surface area contributed by atoms with Gasteiger partial charge < -0.3 is 4.74 Å². The van der Waals surface area contributed by atoms with Gasteiger partial charge in [-0.05, 0) is 46.1 Å². The number of hydrogen-bond acceptors (Lipinski definition) is 4. The van der Waals surface area contributed by atoms with E-state index in [0.29, 0.717) is 16.8 Å². The molecule has 0 spiro atoms. The van der Waals surface area contributed by atoms with E-state index in [1.807, 2.05) is 30.3 Å². The van der Waals surface area contributed by atoms with E-state index in [1.165, 1.54) is 18.5 Å². The lowest BCUT2D eigenvalue weighted by Crippen LogP contribution is -2.09. The van der Waals surface area contributed by atoms with Crippen molar-refractivity contribution in [3.8, 4) is 17.0 Å². The summed E-state index contributed by atoms with van der Waals surface area (Å²) in [5.41, 5.74) is 2.51. The Balaban J connectivity index is 1.67. The molecule has 0 aliphatic heterocycles. The fourth-order valence-corrected chi connectivity index (χ4v) is 3.18. The molecular weight excluding hydrogens is 449 g/mol. The van der Waals surface area contributed by atoms with Gasteiger partial charge in [-0.3, -0.25) is 9.38 Å². The number of rotatable bonds is 5. The van der Waals surface area contributed by atoms with E-state index in [0.717, 1.165) is 9.96 Å². The molecule has 0 aliphatic rings. The number of nitrogens with zero attached hydrogens (tertiary/aromatic N) is 4. The molecule has 29 heavy (non-hydrogen) atoms. The highest BCUT2D eigenvalue weighted by Crippen LogP contribution is 2.34. The number of benzene rings is 2. The maximum absolute atomic E-state index is 14.6. The van der Waals surface area contributed by atoms with E-state index in [2.05, 4.69) is 31.1 Å². The molecule has 2 heterocycles. The van der Waals surface area contributed by atoms with Crippen molar-refractivity contribution in [3.05, 3.63) is 77.6 Å². The monoisotopic (exact) mass is 462 g/mol. The maximum Gasteiger partial charge on any atom is 0.360 e. The van der Waals surface area contributed by atoms with Crippen LogP contribution in [0.5, 0.6) is 5.75 Å². The van der Waals surface area contributed by atoms with Gasteiger partial charge in [-0.15, -0.1) is 10.2 Å². The van der Waals surface area contributed by atoms with Crippen molar-refractivity contribution >= 4 is 21.6 Å². The minimum atomic E-state index is -3.36. The van der Waals surface area contributed by atoms with E-state index >= 15 is 0 Å². The summed E-state index contributed by atoms with van der Waals surface area (Å²) in [6.07, 6.45) is 2.66. The molecule has 0 atom stereocenters. The highest BCUT2D eigenvalue weighted by atomic mass is 79.9. The summed E-state index contributed by atoms with van der Waals surface area (Å²) in [5, 5.41) is 7.16. The lowest BCUT2D eigenvalue weighted by Gasteiger charge is -2.12. The number of hydrogen-bond donors (Lipinski definition) is 0. The van der Waals surface area contributed by atoms with Gasteiger partial charge in [0.2, 0.25) is 5.82 Å². The summed E-state index contributed by atoms with van der Waals surface area (Å²) in [6.45, 7) is 1.99. The average molecular weight is 463 g/mol. The lowest BCUT2D eigenvalue weighted by atomic mass is 10.1. The summed E-state index contributed by atoms with van der Waals surface area (Å²) in [5.74, 6) is -1.05. The zero-order valence-electron chi connectivity index (χ0n) is 15.1. The first-order chi connectivity index (χ1) is 13.8. The molecular formula is C20H14BrF3N4O. The molecule has 0 bridgehead atoms. The molecule has 0 amide bonds. The van der Waals surface area contributed by atoms with Crippen LogP contribution in [0.1, 0.15) is 17.0 Å². The maximum atomic E-state index is 14.6. The summed E-state index contributed by atoms with van der Waals surface area (Å²) >= 11 is 2.29. The first-order valence-electron chi connectivity index (χ1n) is 8.58. The molecule has 2 aromatic heterocycles.